The number of pyridine rings is 1. The third-order valence-electron chi connectivity index (χ3n) is 3.71. The first-order valence-corrected chi connectivity index (χ1v) is 7.77. The number of amides is 1. The van der Waals surface area contributed by atoms with Crippen molar-refractivity contribution in [1.82, 2.24) is 14.8 Å². The van der Waals surface area contributed by atoms with E-state index in [4.69, 9.17) is 0 Å². The van der Waals surface area contributed by atoms with Crippen LogP contribution in [0.4, 0.5) is 19.0 Å². The van der Waals surface area contributed by atoms with Crippen LogP contribution in [0.1, 0.15) is 21.6 Å². The number of aryl methyl sites for hydroxylation is 1. The minimum absolute atomic E-state index is 0.0419. The largest absolute Gasteiger partial charge is 0.305 e. The Balaban J connectivity index is 1.71. The molecule has 9 heteroatoms. The Morgan fingerprint density at radius 2 is 1.78 bits per heavy atom. The quantitative estimate of drug-likeness (QED) is 0.712. The molecule has 0 atom stereocenters. The third kappa shape index (κ3) is 4.20. The van der Waals surface area contributed by atoms with Crippen LogP contribution in [-0.2, 0) is 13.5 Å². The summed E-state index contributed by atoms with van der Waals surface area (Å²) in [4.78, 5) is 27.5. The van der Waals surface area contributed by atoms with E-state index in [0.717, 1.165) is 16.8 Å². The highest BCUT2D eigenvalue weighted by Gasteiger charge is 2.12. The molecular formula is C18H13F3N4O2. The van der Waals surface area contributed by atoms with Crippen LogP contribution >= 0.6 is 0 Å². The highest BCUT2D eigenvalue weighted by atomic mass is 19.2. The Hall–Kier alpha value is -3.49. The van der Waals surface area contributed by atoms with E-state index < -0.39 is 23.4 Å². The van der Waals surface area contributed by atoms with E-state index >= 15 is 0 Å². The second-order valence-electron chi connectivity index (χ2n) is 5.74. The number of aromatic nitrogens is 3. The molecular weight excluding hydrogens is 361 g/mol. The number of nitrogens with zero attached hydrogens (tertiary/aromatic N) is 3. The number of anilines is 1. The van der Waals surface area contributed by atoms with Crippen molar-refractivity contribution in [2.75, 3.05) is 5.32 Å². The molecule has 27 heavy (non-hydrogen) atoms. The van der Waals surface area contributed by atoms with Crippen LogP contribution < -0.4 is 10.9 Å². The van der Waals surface area contributed by atoms with Gasteiger partial charge in [-0.25, -0.2) is 22.8 Å². The van der Waals surface area contributed by atoms with Crippen molar-refractivity contribution in [3.8, 4) is 0 Å². The number of nitrogens with one attached hydrogen (secondary N) is 1. The molecule has 3 rings (SSSR count). The van der Waals surface area contributed by atoms with Gasteiger partial charge >= 0.3 is 0 Å². The van der Waals surface area contributed by atoms with Gasteiger partial charge in [0.1, 0.15) is 11.5 Å². The van der Waals surface area contributed by atoms with Gasteiger partial charge in [-0.15, -0.1) is 0 Å². The zero-order valence-electron chi connectivity index (χ0n) is 14.0. The van der Waals surface area contributed by atoms with Crippen molar-refractivity contribution in [1.29, 1.82) is 0 Å². The Labute approximate surface area is 151 Å². The van der Waals surface area contributed by atoms with Crippen molar-refractivity contribution in [3.05, 3.63) is 87.2 Å². The van der Waals surface area contributed by atoms with Crippen LogP contribution in [0.25, 0.3) is 0 Å². The summed E-state index contributed by atoms with van der Waals surface area (Å²) in [6.07, 6.45) is 1.56. The first kappa shape index (κ1) is 18.3. The number of carbonyl (C=O) groups excluding carboxylic acids is 1. The summed E-state index contributed by atoms with van der Waals surface area (Å²) in [7, 11) is 1.42. The normalized spacial score (nSPS) is 10.7. The molecule has 0 spiro atoms. The molecule has 138 valence electrons. The number of carbonyl (C=O) groups is 1. The smallest absolute Gasteiger partial charge is 0.277 e. The number of hydrogen-bond acceptors (Lipinski definition) is 4. The lowest BCUT2D eigenvalue weighted by molar-refractivity contribution is 0.101. The molecule has 0 unspecified atom stereocenters. The van der Waals surface area contributed by atoms with Gasteiger partial charge in [-0.05, 0) is 41.8 Å². The van der Waals surface area contributed by atoms with E-state index in [1.165, 1.54) is 31.4 Å². The predicted octanol–water partition coefficient (Wildman–Crippen LogP) is 2.44. The Kier molecular flexibility index (Phi) is 5.02. The van der Waals surface area contributed by atoms with E-state index in [1.807, 2.05) is 0 Å². The van der Waals surface area contributed by atoms with Crippen LogP contribution in [0.3, 0.4) is 0 Å². The average molecular weight is 374 g/mol. The predicted molar refractivity (Wildman–Crippen MR) is 90.8 cm³/mol. The van der Waals surface area contributed by atoms with Gasteiger partial charge in [0.05, 0.1) is 0 Å². The molecule has 1 amide bonds. The lowest BCUT2D eigenvalue weighted by Crippen LogP contribution is -2.23. The lowest BCUT2D eigenvalue weighted by Gasteiger charge is -2.07. The van der Waals surface area contributed by atoms with Gasteiger partial charge in [0, 0.05) is 19.3 Å². The summed E-state index contributed by atoms with van der Waals surface area (Å²) in [5.74, 6) is -4.34. The van der Waals surface area contributed by atoms with E-state index in [-0.39, 0.29) is 29.1 Å². The lowest BCUT2D eigenvalue weighted by atomic mass is 10.1. The first-order valence-electron chi connectivity index (χ1n) is 7.77. The first-order chi connectivity index (χ1) is 12.8. The van der Waals surface area contributed by atoms with Gasteiger partial charge in [-0.1, -0.05) is 6.07 Å². The molecule has 0 bridgehead atoms. The van der Waals surface area contributed by atoms with Crippen LogP contribution in [0.15, 0.2) is 47.4 Å². The fourth-order valence-electron chi connectivity index (χ4n) is 2.35. The summed E-state index contributed by atoms with van der Waals surface area (Å²) < 4.78 is 40.5. The molecule has 1 aromatic carbocycles. The highest BCUT2D eigenvalue weighted by Crippen LogP contribution is 2.17. The standard InChI is InChI=1S/C18H13F3N4O2/c1-25-16(26)5-3-14(24-25)18(27)23-15-4-2-10(9-22-15)6-11-7-12(19)17(21)13(20)8-11/h2-5,7-9H,6H2,1H3,(H,22,23,27). The second kappa shape index (κ2) is 7.40. The zero-order valence-corrected chi connectivity index (χ0v) is 14.0. The number of hydrogen-bond donors (Lipinski definition) is 1. The summed E-state index contributed by atoms with van der Waals surface area (Å²) in [5, 5.41) is 6.35. The molecule has 0 aliphatic heterocycles. The minimum atomic E-state index is -1.51. The SMILES string of the molecule is Cn1nc(C(=O)Nc2ccc(Cc3cc(F)c(F)c(F)c3)cn2)ccc1=O. The molecule has 0 aliphatic carbocycles. The number of benzene rings is 1. The van der Waals surface area contributed by atoms with Gasteiger partial charge < -0.3 is 5.32 Å². The summed E-state index contributed by atoms with van der Waals surface area (Å²) in [6.45, 7) is 0. The molecule has 0 aliphatic rings. The monoisotopic (exact) mass is 374 g/mol. The van der Waals surface area contributed by atoms with E-state index in [9.17, 15) is 22.8 Å². The Morgan fingerprint density at radius 1 is 1.07 bits per heavy atom. The highest BCUT2D eigenvalue weighted by molar-refractivity contribution is 6.02. The molecule has 2 aromatic heterocycles. The molecule has 0 radical (unpaired) electrons. The molecule has 0 fully saturated rings. The van der Waals surface area contributed by atoms with E-state index in [2.05, 4.69) is 15.4 Å². The van der Waals surface area contributed by atoms with Gasteiger partial charge in [-0.2, -0.15) is 5.10 Å². The van der Waals surface area contributed by atoms with Gasteiger partial charge in [-0.3, -0.25) is 9.59 Å². The summed E-state index contributed by atoms with van der Waals surface area (Å²) >= 11 is 0. The van der Waals surface area contributed by atoms with Crippen molar-refractivity contribution >= 4 is 11.7 Å². The molecule has 2 heterocycles. The second-order valence-corrected chi connectivity index (χ2v) is 5.74. The number of rotatable bonds is 4. The fraction of sp³-hybridized carbons (Fsp3) is 0.111. The molecule has 1 N–H and O–H groups in total. The zero-order chi connectivity index (χ0) is 19.6. The van der Waals surface area contributed by atoms with Crippen molar-refractivity contribution in [2.45, 2.75) is 6.42 Å². The van der Waals surface area contributed by atoms with Gasteiger partial charge in [0.25, 0.3) is 11.5 Å². The number of halogens is 3. The average Bonchev–Trinajstić information content (AvgIpc) is 2.63. The Bertz CT molecular complexity index is 1040. The minimum Gasteiger partial charge on any atom is -0.305 e. The van der Waals surface area contributed by atoms with Crippen LogP contribution in [0.5, 0.6) is 0 Å². The maximum atomic E-state index is 13.3. The molecule has 0 saturated carbocycles. The third-order valence-corrected chi connectivity index (χ3v) is 3.71. The maximum Gasteiger partial charge on any atom is 0.277 e. The van der Waals surface area contributed by atoms with Crippen LogP contribution in [0.2, 0.25) is 0 Å². The topological polar surface area (TPSA) is 76.9 Å². The van der Waals surface area contributed by atoms with E-state index in [0.29, 0.717) is 5.56 Å². The molecule has 6 nitrogen and oxygen atoms in total. The van der Waals surface area contributed by atoms with Crippen molar-refractivity contribution in [3.63, 3.8) is 0 Å². The maximum absolute atomic E-state index is 13.3. The fourth-order valence-corrected chi connectivity index (χ4v) is 2.35. The molecule has 3 aromatic rings. The van der Waals surface area contributed by atoms with E-state index in [1.54, 1.807) is 6.07 Å². The summed E-state index contributed by atoms with van der Waals surface area (Å²) in [5.41, 5.74) is 0.556. The van der Waals surface area contributed by atoms with Crippen LogP contribution in [0, 0.1) is 17.5 Å². The van der Waals surface area contributed by atoms with Gasteiger partial charge in [0.15, 0.2) is 17.5 Å². The van der Waals surface area contributed by atoms with Crippen molar-refractivity contribution in [2.24, 2.45) is 7.05 Å². The van der Waals surface area contributed by atoms with Crippen molar-refractivity contribution < 1.29 is 18.0 Å². The molecule has 0 saturated heterocycles. The Morgan fingerprint density at radius 3 is 2.37 bits per heavy atom. The van der Waals surface area contributed by atoms with Gasteiger partial charge in [0.2, 0.25) is 0 Å². The summed E-state index contributed by atoms with van der Waals surface area (Å²) in [6, 6.07) is 7.46. The van der Waals surface area contributed by atoms with Crippen LogP contribution in [-0.4, -0.2) is 20.7 Å².